The van der Waals surface area contributed by atoms with Crippen LogP contribution in [-0.2, 0) is 12.2 Å². The Labute approximate surface area is 173 Å². The molecular weight excluding hydrogens is 385 g/mol. The number of fused-ring (bicyclic) bond motifs is 1. The first-order chi connectivity index (χ1) is 14.5. The van der Waals surface area contributed by atoms with E-state index in [1.54, 1.807) is 23.4 Å². The first-order valence-electron chi connectivity index (χ1n) is 10.0. The molecule has 2 aromatic rings. The number of benzene rings is 1. The molecule has 5 N–H and O–H groups in total. The Kier molecular flexibility index (Phi) is 4.56. The first kappa shape index (κ1) is 18.8. The van der Waals surface area contributed by atoms with Gasteiger partial charge in [-0.3, -0.25) is 4.90 Å². The van der Waals surface area contributed by atoms with E-state index in [9.17, 15) is 4.39 Å². The topological polar surface area (TPSA) is 108 Å². The number of furan rings is 1. The fourth-order valence-corrected chi connectivity index (χ4v) is 4.44. The number of nitrogens with one attached hydrogen (secondary N) is 1. The highest BCUT2D eigenvalue weighted by molar-refractivity contribution is 6.04. The molecule has 156 valence electrons. The lowest BCUT2D eigenvalue weighted by Gasteiger charge is -2.33. The number of aliphatic imine (C=N–C) groups is 2. The highest BCUT2D eigenvalue weighted by Gasteiger charge is 2.47. The third-order valence-corrected chi connectivity index (χ3v) is 5.86. The number of nitrogens with zero attached hydrogens (tertiary/aromatic N) is 4. The number of halogens is 1. The molecule has 3 aliphatic heterocycles. The molecule has 1 saturated heterocycles. The van der Waals surface area contributed by atoms with Crippen molar-refractivity contribution in [3.63, 3.8) is 0 Å². The number of hydrazine groups is 1. The van der Waals surface area contributed by atoms with Gasteiger partial charge in [0.05, 0.1) is 6.26 Å². The van der Waals surface area contributed by atoms with Crippen molar-refractivity contribution >= 4 is 11.8 Å². The second-order valence-corrected chi connectivity index (χ2v) is 7.86. The van der Waals surface area contributed by atoms with Gasteiger partial charge in [0.2, 0.25) is 5.96 Å². The zero-order chi connectivity index (χ0) is 20.7. The molecule has 3 aliphatic rings. The maximum atomic E-state index is 14.2. The van der Waals surface area contributed by atoms with E-state index < -0.39 is 5.66 Å². The SMILES string of the molecule is NC1=CC(N)=NC2=NC(CC3CCCN3Cc3ccccc3F)(c3ccco3)NN12. The molecule has 0 aliphatic carbocycles. The zero-order valence-corrected chi connectivity index (χ0v) is 16.5. The Morgan fingerprint density at radius 1 is 1.23 bits per heavy atom. The second kappa shape index (κ2) is 7.26. The predicted molar refractivity (Wildman–Crippen MR) is 111 cm³/mol. The number of guanidine groups is 1. The van der Waals surface area contributed by atoms with E-state index in [0.29, 0.717) is 41.9 Å². The van der Waals surface area contributed by atoms with Crippen LogP contribution >= 0.6 is 0 Å². The van der Waals surface area contributed by atoms with Crippen molar-refractivity contribution < 1.29 is 8.81 Å². The van der Waals surface area contributed by atoms with Crippen LogP contribution in [0.4, 0.5) is 4.39 Å². The Balaban J connectivity index is 1.44. The summed E-state index contributed by atoms with van der Waals surface area (Å²) in [7, 11) is 0. The Morgan fingerprint density at radius 3 is 2.90 bits per heavy atom. The van der Waals surface area contributed by atoms with Crippen LogP contribution in [0.2, 0.25) is 0 Å². The van der Waals surface area contributed by atoms with Crippen LogP contribution in [0.3, 0.4) is 0 Å². The van der Waals surface area contributed by atoms with Crippen LogP contribution in [0.25, 0.3) is 0 Å². The molecule has 0 spiro atoms. The maximum Gasteiger partial charge on any atom is 0.245 e. The molecule has 2 unspecified atom stereocenters. The average molecular weight is 409 g/mol. The third-order valence-electron chi connectivity index (χ3n) is 5.86. The van der Waals surface area contributed by atoms with E-state index in [1.165, 1.54) is 6.07 Å². The number of amidine groups is 1. The number of hydrogen-bond acceptors (Lipinski definition) is 8. The monoisotopic (exact) mass is 409 g/mol. The number of nitrogens with two attached hydrogens (primary N) is 2. The normalized spacial score (nSPS) is 26.4. The molecule has 0 radical (unpaired) electrons. The fourth-order valence-electron chi connectivity index (χ4n) is 4.44. The minimum atomic E-state index is -0.867. The summed E-state index contributed by atoms with van der Waals surface area (Å²) in [4.78, 5) is 11.5. The highest BCUT2D eigenvalue weighted by Crippen LogP contribution is 2.38. The van der Waals surface area contributed by atoms with Crippen LogP contribution in [0, 0.1) is 5.82 Å². The highest BCUT2D eigenvalue weighted by atomic mass is 19.1. The van der Waals surface area contributed by atoms with Gasteiger partial charge in [0.25, 0.3) is 0 Å². The molecule has 1 aromatic carbocycles. The summed E-state index contributed by atoms with van der Waals surface area (Å²) in [6.07, 6.45) is 5.86. The lowest BCUT2D eigenvalue weighted by molar-refractivity contribution is 0.137. The van der Waals surface area contributed by atoms with Gasteiger partial charge in [0, 0.05) is 30.6 Å². The largest absolute Gasteiger partial charge is 0.465 e. The summed E-state index contributed by atoms with van der Waals surface area (Å²) < 4.78 is 20.0. The molecule has 1 fully saturated rings. The van der Waals surface area contributed by atoms with Crippen molar-refractivity contribution in [3.05, 3.63) is 71.7 Å². The molecular formula is C21H24FN7O. The summed E-state index contributed by atoms with van der Waals surface area (Å²) in [6.45, 7) is 1.46. The molecule has 30 heavy (non-hydrogen) atoms. The molecule has 8 nitrogen and oxygen atoms in total. The van der Waals surface area contributed by atoms with Gasteiger partial charge in [-0.05, 0) is 37.6 Å². The predicted octanol–water partition coefficient (Wildman–Crippen LogP) is 1.97. The number of likely N-dealkylation sites (tertiary alicyclic amines) is 1. The van der Waals surface area contributed by atoms with Crippen molar-refractivity contribution in [1.82, 2.24) is 15.3 Å². The number of hydrogen-bond donors (Lipinski definition) is 3. The van der Waals surface area contributed by atoms with Crippen LogP contribution in [0.5, 0.6) is 0 Å². The summed E-state index contributed by atoms with van der Waals surface area (Å²) in [5, 5.41) is 1.63. The van der Waals surface area contributed by atoms with Gasteiger partial charge >= 0.3 is 0 Å². The lowest BCUT2D eigenvalue weighted by atomic mass is 9.96. The summed E-state index contributed by atoms with van der Waals surface area (Å²) in [5.74, 6) is 1.63. The van der Waals surface area contributed by atoms with E-state index in [-0.39, 0.29) is 11.9 Å². The molecule has 2 atom stereocenters. The Bertz CT molecular complexity index is 1030. The van der Waals surface area contributed by atoms with Crippen molar-refractivity contribution in [2.24, 2.45) is 21.5 Å². The minimum absolute atomic E-state index is 0.178. The molecule has 0 bridgehead atoms. The van der Waals surface area contributed by atoms with Crippen molar-refractivity contribution in [2.45, 2.75) is 37.5 Å². The van der Waals surface area contributed by atoms with E-state index >= 15 is 0 Å². The van der Waals surface area contributed by atoms with Crippen LogP contribution in [-0.4, -0.2) is 34.3 Å². The quantitative estimate of drug-likeness (QED) is 0.697. The van der Waals surface area contributed by atoms with Crippen molar-refractivity contribution in [1.29, 1.82) is 0 Å². The molecule has 0 amide bonds. The van der Waals surface area contributed by atoms with E-state index in [0.717, 1.165) is 19.4 Å². The average Bonchev–Trinajstić information content (AvgIpc) is 3.45. The summed E-state index contributed by atoms with van der Waals surface area (Å²) in [6, 6.07) is 10.8. The summed E-state index contributed by atoms with van der Waals surface area (Å²) in [5.41, 5.74) is 15.2. The van der Waals surface area contributed by atoms with Gasteiger partial charge in [0.1, 0.15) is 23.2 Å². The molecule has 4 heterocycles. The summed E-state index contributed by atoms with van der Waals surface area (Å²) >= 11 is 0. The third kappa shape index (κ3) is 3.25. The van der Waals surface area contributed by atoms with Gasteiger partial charge in [0.15, 0.2) is 5.66 Å². The van der Waals surface area contributed by atoms with Gasteiger partial charge < -0.3 is 15.9 Å². The van der Waals surface area contributed by atoms with Gasteiger partial charge in [-0.2, -0.15) is 10.4 Å². The van der Waals surface area contributed by atoms with Crippen molar-refractivity contribution in [3.8, 4) is 0 Å². The Hall–Kier alpha value is -3.17. The first-order valence-corrected chi connectivity index (χ1v) is 10.0. The molecule has 5 rings (SSSR count). The maximum absolute atomic E-state index is 14.2. The minimum Gasteiger partial charge on any atom is -0.465 e. The van der Waals surface area contributed by atoms with Crippen LogP contribution < -0.4 is 16.9 Å². The second-order valence-electron chi connectivity index (χ2n) is 7.86. The molecule has 0 saturated carbocycles. The van der Waals surface area contributed by atoms with Gasteiger partial charge in [-0.25, -0.2) is 14.4 Å². The molecule has 1 aromatic heterocycles. The van der Waals surface area contributed by atoms with Crippen LogP contribution in [0.1, 0.15) is 30.6 Å². The Morgan fingerprint density at radius 2 is 2.10 bits per heavy atom. The van der Waals surface area contributed by atoms with Crippen LogP contribution in [0.15, 0.2) is 69.0 Å². The standard InChI is InChI=1S/C21H24FN7O/c22-16-7-2-1-5-14(16)13-28-9-3-6-15(28)12-21(17-8-4-10-30-17)26-20-25-18(23)11-19(24)29(20)27-21/h1-2,4-5,7-8,10-11,15,27H,3,6,9,12-13,24H2,(H2,23,25,26). The zero-order valence-electron chi connectivity index (χ0n) is 16.5. The van der Waals surface area contributed by atoms with Gasteiger partial charge in [-0.15, -0.1) is 0 Å². The van der Waals surface area contributed by atoms with E-state index in [1.807, 2.05) is 24.3 Å². The van der Waals surface area contributed by atoms with Crippen molar-refractivity contribution in [2.75, 3.05) is 6.54 Å². The fraction of sp³-hybridized carbons (Fsp3) is 0.333. The lowest BCUT2D eigenvalue weighted by Crippen LogP contribution is -2.51. The van der Waals surface area contributed by atoms with E-state index in [2.05, 4.69) is 15.3 Å². The van der Waals surface area contributed by atoms with Gasteiger partial charge in [-0.1, -0.05) is 18.2 Å². The smallest absolute Gasteiger partial charge is 0.245 e. The molecule has 9 heteroatoms. The van der Waals surface area contributed by atoms with E-state index in [4.69, 9.17) is 20.9 Å². The number of rotatable bonds is 5.